The summed E-state index contributed by atoms with van der Waals surface area (Å²) in [6.07, 6.45) is -0.320. The minimum atomic E-state index is -1.05. The first-order valence-corrected chi connectivity index (χ1v) is 11.1. The van der Waals surface area contributed by atoms with Crippen LogP contribution in [0.4, 0.5) is 0 Å². The molecule has 0 bridgehead atoms. The lowest BCUT2D eigenvalue weighted by Crippen LogP contribution is -2.47. The fraction of sp³-hybridized carbons (Fsp3) is 0.160. The summed E-state index contributed by atoms with van der Waals surface area (Å²) in [6, 6.07) is 23.4. The zero-order valence-electron chi connectivity index (χ0n) is 17.3. The molecular formula is C25H23IN2O4. The van der Waals surface area contributed by atoms with Gasteiger partial charge in [-0.05, 0) is 70.0 Å². The molecule has 3 aromatic rings. The van der Waals surface area contributed by atoms with Crippen LogP contribution >= 0.6 is 22.6 Å². The number of aliphatic carboxylic acids is 1. The third kappa shape index (κ3) is 6.16. The summed E-state index contributed by atoms with van der Waals surface area (Å²) in [6.45, 7) is 0.142. The van der Waals surface area contributed by atoms with Crippen LogP contribution in [0.1, 0.15) is 28.8 Å². The summed E-state index contributed by atoms with van der Waals surface area (Å²) < 4.78 is 0.987. The van der Waals surface area contributed by atoms with E-state index in [0.717, 1.165) is 20.3 Å². The summed E-state index contributed by atoms with van der Waals surface area (Å²) in [4.78, 5) is 38.1. The number of nitrogens with two attached hydrogens (primary N) is 1. The van der Waals surface area contributed by atoms with E-state index in [9.17, 15) is 14.4 Å². The Kier molecular flexibility index (Phi) is 7.99. The van der Waals surface area contributed by atoms with Crippen LogP contribution in [0.3, 0.4) is 0 Å². The fourth-order valence-electron chi connectivity index (χ4n) is 3.47. The number of rotatable bonds is 9. The number of carboxylic acid groups (broad SMARTS) is 1. The number of nitrogens with zero attached hydrogens (tertiary/aromatic N) is 1. The molecule has 0 spiro atoms. The third-order valence-corrected chi connectivity index (χ3v) is 5.75. The van der Waals surface area contributed by atoms with E-state index in [2.05, 4.69) is 22.6 Å². The lowest BCUT2D eigenvalue weighted by atomic mass is 10.0. The highest BCUT2D eigenvalue weighted by molar-refractivity contribution is 14.1. The third-order valence-electron chi connectivity index (χ3n) is 5.08. The van der Waals surface area contributed by atoms with Gasteiger partial charge < -0.3 is 15.7 Å². The number of halogens is 1. The van der Waals surface area contributed by atoms with Gasteiger partial charge in [-0.25, -0.2) is 0 Å². The van der Waals surface area contributed by atoms with Crippen LogP contribution in [-0.2, 0) is 16.1 Å². The van der Waals surface area contributed by atoms with E-state index in [-0.39, 0.29) is 25.3 Å². The standard InChI is InChI=1S/C25H23IN2O4/c26-21-8-4-5-17(15-21)16-28(22(24(27)31)13-14-23(29)30)25(32)20-11-9-19(10-12-20)18-6-2-1-3-7-18/h1-12,15,22H,13-14,16H2,(H2,27,31)(H,29,30)/t22-/m0/s1. The molecule has 0 radical (unpaired) electrons. The molecule has 0 saturated heterocycles. The molecule has 3 aromatic carbocycles. The van der Waals surface area contributed by atoms with Crippen molar-refractivity contribution in [2.45, 2.75) is 25.4 Å². The maximum Gasteiger partial charge on any atom is 0.303 e. The number of hydrogen-bond acceptors (Lipinski definition) is 3. The van der Waals surface area contributed by atoms with Crippen LogP contribution in [0.2, 0.25) is 0 Å². The van der Waals surface area contributed by atoms with Crippen LogP contribution in [0, 0.1) is 3.57 Å². The van der Waals surface area contributed by atoms with Crippen molar-refractivity contribution in [1.82, 2.24) is 4.90 Å². The zero-order chi connectivity index (χ0) is 23.1. The van der Waals surface area contributed by atoms with Gasteiger partial charge in [0.1, 0.15) is 6.04 Å². The quantitative estimate of drug-likeness (QED) is 0.394. The van der Waals surface area contributed by atoms with Crippen molar-refractivity contribution in [2.24, 2.45) is 5.73 Å². The van der Waals surface area contributed by atoms with Crippen molar-refractivity contribution < 1.29 is 19.5 Å². The van der Waals surface area contributed by atoms with Crippen molar-refractivity contribution in [3.63, 3.8) is 0 Å². The van der Waals surface area contributed by atoms with E-state index in [4.69, 9.17) is 10.8 Å². The second-order valence-corrected chi connectivity index (χ2v) is 8.60. The summed E-state index contributed by atoms with van der Waals surface area (Å²) in [5.74, 6) is -2.16. The average Bonchev–Trinajstić information content (AvgIpc) is 2.78. The molecule has 32 heavy (non-hydrogen) atoms. The van der Waals surface area contributed by atoms with Gasteiger partial charge in [-0.2, -0.15) is 0 Å². The van der Waals surface area contributed by atoms with Gasteiger partial charge in [0.15, 0.2) is 0 Å². The first-order chi connectivity index (χ1) is 15.3. The second kappa shape index (κ2) is 10.9. The molecule has 164 valence electrons. The lowest BCUT2D eigenvalue weighted by Gasteiger charge is -2.30. The topological polar surface area (TPSA) is 101 Å². The molecular weight excluding hydrogens is 519 g/mol. The van der Waals surface area contributed by atoms with E-state index in [1.165, 1.54) is 4.90 Å². The van der Waals surface area contributed by atoms with Gasteiger partial charge in [-0.15, -0.1) is 0 Å². The fourth-order valence-corrected chi connectivity index (χ4v) is 4.08. The highest BCUT2D eigenvalue weighted by Gasteiger charge is 2.29. The summed E-state index contributed by atoms with van der Waals surface area (Å²) in [5.41, 5.74) is 8.81. The Labute approximate surface area is 200 Å². The maximum atomic E-state index is 13.4. The highest BCUT2D eigenvalue weighted by Crippen LogP contribution is 2.22. The molecule has 0 aliphatic carbocycles. The van der Waals surface area contributed by atoms with E-state index < -0.39 is 17.9 Å². The molecule has 0 aliphatic heterocycles. The molecule has 0 saturated carbocycles. The number of primary amides is 1. The Bertz CT molecular complexity index is 1100. The second-order valence-electron chi connectivity index (χ2n) is 7.36. The molecule has 0 fully saturated rings. The van der Waals surface area contributed by atoms with E-state index in [1.54, 1.807) is 12.1 Å². The van der Waals surface area contributed by atoms with Crippen molar-refractivity contribution >= 4 is 40.4 Å². The Balaban J connectivity index is 1.92. The Hall–Kier alpha value is -3.20. The van der Waals surface area contributed by atoms with Crippen LogP contribution in [0.25, 0.3) is 11.1 Å². The molecule has 1 atom stereocenters. The van der Waals surface area contributed by atoms with Gasteiger partial charge >= 0.3 is 5.97 Å². The number of hydrogen-bond donors (Lipinski definition) is 2. The predicted molar refractivity (Wildman–Crippen MR) is 131 cm³/mol. The summed E-state index contributed by atoms with van der Waals surface area (Å²) in [5, 5.41) is 9.09. The highest BCUT2D eigenvalue weighted by atomic mass is 127. The average molecular weight is 542 g/mol. The monoisotopic (exact) mass is 542 g/mol. The normalized spacial score (nSPS) is 11.5. The summed E-state index contributed by atoms with van der Waals surface area (Å²) in [7, 11) is 0. The van der Waals surface area contributed by atoms with Gasteiger partial charge in [0, 0.05) is 22.1 Å². The van der Waals surface area contributed by atoms with Crippen LogP contribution < -0.4 is 5.73 Å². The minimum absolute atomic E-state index is 0.0531. The number of carbonyl (C=O) groups excluding carboxylic acids is 2. The smallest absolute Gasteiger partial charge is 0.303 e. The molecule has 7 heteroatoms. The predicted octanol–water partition coefficient (Wildman–Crippen LogP) is 4.32. The lowest BCUT2D eigenvalue weighted by molar-refractivity contribution is -0.137. The molecule has 0 unspecified atom stereocenters. The first kappa shape index (κ1) is 23.5. The van der Waals surface area contributed by atoms with Crippen molar-refractivity contribution in [3.05, 3.63) is 93.6 Å². The Morgan fingerprint density at radius 2 is 1.56 bits per heavy atom. The van der Waals surface area contributed by atoms with Gasteiger partial charge in [-0.3, -0.25) is 14.4 Å². The first-order valence-electron chi connectivity index (χ1n) is 10.1. The Morgan fingerprint density at radius 3 is 2.16 bits per heavy atom. The minimum Gasteiger partial charge on any atom is -0.481 e. The van der Waals surface area contributed by atoms with Crippen LogP contribution in [0.5, 0.6) is 0 Å². The molecule has 0 heterocycles. The van der Waals surface area contributed by atoms with E-state index in [0.29, 0.717) is 5.56 Å². The number of benzene rings is 3. The summed E-state index contributed by atoms with van der Waals surface area (Å²) >= 11 is 2.17. The van der Waals surface area contributed by atoms with Crippen LogP contribution in [0.15, 0.2) is 78.9 Å². The zero-order valence-corrected chi connectivity index (χ0v) is 19.4. The molecule has 3 rings (SSSR count). The number of carbonyl (C=O) groups is 3. The molecule has 0 aromatic heterocycles. The number of carboxylic acids is 1. The largest absolute Gasteiger partial charge is 0.481 e. The van der Waals surface area contributed by atoms with Crippen molar-refractivity contribution in [1.29, 1.82) is 0 Å². The number of amides is 2. The van der Waals surface area contributed by atoms with E-state index in [1.807, 2.05) is 66.7 Å². The van der Waals surface area contributed by atoms with E-state index >= 15 is 0 Å². The van der Waals surface area contributed by atoms with Gasteiger partial charge in [0.25, 0.3) is 5.91 Å². The maximum absolute atomic E-state index is 13.4. The molecule has 0 aliphatic rings. The van der Waals surface area contributed by atoms with Gasteiger partial charge in [-0.1, -0.05) is 54.6 Å². The van der Waals surface area contributed by atoms with Crippen molar-refractivity contribution in [3.8, 4) is 11.1 Å². The molecule has 2 amide bonds. The van der Waals surface area contributed by atoms with Crippen molar-refractivity contribution in [2.75, 3.05) is 0 Å². The van der Waals surface area contributed by atoms with Crippen LogP contribution in [-0.4, -0.2) is 33.8 Å². The Morgan fingerprint density at radius 1 is 0.906 bits per heavy atom. The molecule has 3 N–H and O–H groups in total. The van der Waals surface area contributed by atoms with Gasteiger partial charge in [0.05, 0.1) is 0 Å². The van der Waals surface area contributed by atoms with Gasteiger partial charge in [0.2, 0.25) is 5.91 Å². The molecule has 6 nitrogen and oxygen atoms in total. The SMILES string of the molecule is NC(=O)[C@H](CCC(=O)O)N(Cc1cccc(I)c1)C(=O)c1ccc(-c2ccccc2)cc1.